The van der Waals surface area contributed by atoms with Gasteiger partial charge in [0.15, 0.2) is 0 Å². The first kappa shape index (κ1) is 36.7. The Hall–Kier alpha value is -3.64. The summed E-state index contributed by atoms with van der Waals surface area (Å²) in [5.74, 6) is 0.0407. The number of methoxy groups -OCH3 is 1. The van der Waals surface area contributed by atoms with Gasteiger partial charge in [-0.1, -0.05) is 36.7 Å². The molecule has 2 aromatic carbocycles. The largest absolute Gasteiger partial charge is 0.491 e. The van der Waals surface area contributed by atoms with Crippen LogP contribution < -0.4 is 14.4 Å². The number of hydrogen-bond acceptors (Lipinski definition) is 7. The minimum atomic E-state index is -3.55. The van der Waals surface area contributed by atoms with Crippen LogP contribution in [0.15, 0.2) is 65.2 Å². The molecule has 1 N–H and O–H groups in total. The molecule has 12 heteroatoms. The molecule has 0 spiro atoms. The second-order valence-corrected chi connectivity index (χ2v) is 17.3. The number of amides is 2. The van der Waals surface area contributed by atoms with Crippen LogP contribution in [0.25, 0.3) is 0 Å². The van der Waals surface area contributed by atoms with Gasteiger partial charge in [-0.15, -0.1) is 4.36 Å². The molecule has 278 valence electrons. The predicted octanol–water partition coefficient (Wildman–Crippen LogP) is 7.37. The molecular weight excluding hydrogens is 700 g/mol. The van der Waals surface area contributed by atoms with E-state index in [0.717, 1.165) is 50.0 Å². The molecule has 1 aliphatic carbocycles. The average Bonchev–Trinajstić information content (AvgIpc) is 3.51. The smallest absolute Gasteiger partial charge is 0.286 e. The van der Waals surface area contributed by atoms with E-state index in [0.29, 0.717) is 60.9 Å². The maximum atomic E-state index is 14.7. The monoisotopic (exact) mass is 748 g/mol. The Bertz CT molecular complexity index is 1970. The minimum absolute atomic E-state index is 0.00571. The SMILES string of the molecule is CO[C@H]1/C=C/C[C@H](C)C[S@@](=O)(NC(=O)c2cc3n(c2)C[C@@H](C)OC3)=NC(=O)c2ccc3c(c2)N(Cc2ccc(Cl)cc2CCCCO3)C[C@@H]2CC[C@H]21. The molecule has 7 rings (SSSR count). The molecule has 4 heterocycles. The molecule has 2 amide bonds. The maximum absolute atomic E-state index is 14.7. The summed E-state index contributed by atoms with van der Waals surface area (Å²) in [7, 11) is -1.79. The third kappa shape index (κ3) is 8.28. The average molecular weight is 749 g/mol. The van der Waals surface area contributed by atoms with Crippen LogP contribution in [0.4, 0.5) is 5.69 Å². The van der Waals surface area contributed by atoms with E-state index in [-0.39, 0.29) is 29.4 Å². The van der Waals surface area contributed by atoms with Crippen molar-refractivity contribution in [2.45, 2.75) is 84.3 Å². The van der Waals surface area contributed by atoms with E-state index in [2.05, 4.69) is 38.3 Å². The Balaban J connectivity index is 1.29. The first-order valence-corrected chi connectivity index (χ1v) is 20.5. The molecule has 3 aliphatic heterocycles. The van der Waals surface area contributed by atoms with Crippen molar-refractivity contribution in [1.29, 1.82) is 0 Å². The van der Waals surface area contributed by atoms with E-state index in [1.54, 1.807) is 25.4 Å². The van der Waals surface area contributed by atoms with Gasteiger partial charge in [-0.2, -0.15) is 0 Å². The topological polar surface area (TPSA) is 111 Å². The number of rotatable bonds is 3. The molecule has 1 saturated carbocycles. The molecule has 0 radical (unpaired) electrons. The Labute approximate surface area is 312 Å². The lowest BCUT2D eigenvalue weighted by atomic mass is 9.70. The summed E-state index contributed by atoms with van der Waals surface area (Å²) in [5, 5.41) is 0.715. The van der Waals surface area contributed by atoms with E-state index in [9.17, 15) is 13.8 Å². The molecule has 2 bridgehead atoms. The quantitative estimate of drug-likeness (QED) is 0.279. The van der Waals surface area contributed by atoms with Crippen LogP contribution in [0.5, 0.6) is 5.75 Å². The molecule has 0 saturated heterocycles. The van der Waals surface area contributed by atoms with Crippen LogP contribution in [0.2, 0.25) is 5.02 Å². The summed E-state index contributed by atoms with van der Waals surface area (Å²) in [6.07, 6.45) is 11.3. The minimum Gasteiger partial charge on any atom is -0.491 e. The number of fused-ring (bicyclic) bond motifs is 4. The third-order valence-corrected chi connectivity index (χ3v) is 13.1. The normalized spacial score (nSPS) is 28.7. The first-order chi connectivity index (χ1) is 25.1. The Kier molecular flexibility index (Phi) is 11.1. The Morgan fingerprint density at radius 2 is 1.94 bits per heavy atom. The van der Waals surface area contributed by atoms with Crippen LogP contribution in [-0.2, 0) is 45.5 Å². The van der Waals surface area contributed by atoms with Crippen molar-refractivity contribution in [2.75, 3.05) is 30.9 Å². The van der Waals surface area contributed by atoms with E-state index in [1.807, 2.05) is 36.6 Å². The van der Waals surface area contributed by atoms with Crippen LogP contribution in [0, 0.1) is 17.8 Å². The highest BCUT2D eigenvalue weighted by atomic mass is 35.5. The summed E-state index contributed by atoms with van der Waals surface area (Å²) in [4.78, 5) is 30.1. The van der Waals surface area contributed by atoms with Gasteiger partial charge < -0.3 is 23.7 Å². The summed E-state index contributed by atoms with van der Waals surface area (Å²) in [6.45, 7) is 6.81. The van der Waals surface area contributed by atoms with Gasteiger partial charge in [0, 0.05) is 49.2 Å². The van der Waals surface area contributed by atoms with E-state index in [1.165, 1.54) is 11.1 Å². The van der Waals surface area contributed by atoms with Gasteiger partial charge >= 0.3 is 0 Å². The number of carbonyl (C=O) groups is 2. The van der Waals surface area contributed by atoms with Crippen LogP contribution >= 0.6 is 11.6 Å². The number of aryl methyl sites for hydroxylation is 1. The number of halogens is 1. The Morgan fingerprint density at radius 1 is 1.08 bits per heavy atom. The van der Waals surface area contributed by atoms with Gasteiger partial charge in [0.05, 0.1) is 42.4 Å². The summed E-state index contributed by atoms with van der Waals surface area (Å²) < 4.78 is 41.9. The summed E-state index contributed by atoms with van der Waals surface area (Å²) in [6, 6.07) is 13.2. The van der Waals surface area contributed by atoms with E-state index < -0.39 is 21.7 Å². The molecule has 10 nitrogen and oxygen atoms in total. The van der Waals surface area contributed by atoms with Gasteiger partial charge in [-0.25, -0.2) is 4.21 Å². The number of carbonyl (C=O) groups excluding carboxylic acids is 2. The second kappa shape index (κ2) is 15.8. The second-order valence-electron chi connectivity index (χ2n) is 14.9. The Morgan fingerprint density at radius 3 is 2.75 bits per heavy atom. The van der Waals surface area contributed by atoms with Crippen molar-refractivity contribution in [2.24, 2.45) is 22.1 Å². The van der Waals surface area contributed by atoms with Gasteiger partial charge in [-0.05, 0) is 111 Å². The zero-order valence-corrected chi connectivity index (χ0v) is 31.8. The van der Waals surface area contributed by atoms with Crippen molar-refractivity contribution < 1.29 is 28.0 Å². The van der Waals surface area contributed by atoms with Crippen molar-refractivity contribution in [3.8, 4) is 5.75 Å². The first-order valence-electron chi connectivity index (χ1n) is 18.5. The van der Waals surface area contributed by atoms with Crippen LogP contribution in [0.1, 0.15) is 83.5 Å². The number of allylic oxidation sites excluding steroid dienone is 1. The van der Waals surface area contributed by atoms with Crippen LogP contribution in [0.3, 0.4) is 0 Å². The standard InChI is InChI=1S/C40H49ClN4O6S/c1-26-7-6-9-37(49-3)35-14-11-31(35)22-45-21-30-10-13-33(41)17-28(30)8-4-5-16-50-38-15-12-29(19-36(38)45)39(46)42-52(48,25-26)43-40(47)32-18-34-24-51-27(2)20-44(34)23-32/h6,9-10,12-13,15,17-19,23,26-27,31,35,37H,4-5,7-8,11,14,16,20-22,24-25H2,1-3H3,(H,42,43,46,47,48)/b9-6+/t26-,27+,31-,35+,37-,52-/m0/s1. The number of aromatic nitrogens is 1. The lowest BCUT2D eigenvalue weighted by Gasteiger charge is -2.43. The fourth-order valence-electron chi connectivity index (χ4n) is 7.90. The highest BCUT2D eigenvalue weighted by molar-refractivity contribution is 7.92. The lowest BCUT2D eigenvalue weighted by Crippen LogP contribution is -2.43. The van der Waals surface area contributed by atoms with Gasteiger partial charge in [0.1, 0.15) is 15.7 Å². The maximum Gasteiger partial charge on any atom is 0.286 e. The van der Waals surface area contributed by atoms with Gasteiger partial charge in [0.2, 0.25) is 0 Å². The van der Waals surface area contributed by atoms with E-state index in [4.69, 9.17) is 25.8 Å². The van der Waals surface area contributed by atoms with Crippen molar-refractivity contribution in [3.63, 3.8) is 0 Å². The molecule has 3 aromatic rings. The fourth-order valence-corrected chi connectivity index (χ4v) is 9.99. The summed E-state index contributed by atoms with van der Waals surface area (Å²) in [5.41, 5.74) is 4.68. The van der Waals surface area contributed by atoms with Crippen molar-refractivity contribution in [3.05, 3.63) is 93.8 Å². The van der Waals surface area contributed by atoms with Gasteiger partial charge in [-0.3, -0.25) is 14.3 Å². The number of anilines is 1. The predicted molar refractivity (Wildman–Crippen MR) is 203 cm³/mol. The highest BCUT2D eigenvalue weighted by Crippen LogP contribution is 2.42. The molecule has 0 unspecified atom stereocenters. The fraction of sp³-hybridized carbons (Fsp3) is 0.500. The summed E-state index contributed by atoms with van der Waals surface area (Å²) >= 11 is 6.48. The van der Waals surface area contributed by atoms with E-state index >= 15 is 0 Å². The molecule has 6 atom stereocenters. The van der Waals surface area contributed by atoms with Crippen molar-refractivity contribution >= 4 is 39.0 Å². The number of nitrogens with zero attached hydrogens (tertiary/aromatic N) is 3. The van der Waals surface area contributed by atoms with Gasteiger partial charge in [0.25, 0.3) is 11.8 Å². The molecule has 1 fully saturated rings. The van der Waals surface area contributed by atoms with Crippen LogP contribution in [-0.4, -0.2) is 58.8 Å². The molecule has 52 heavy (non-hydrogen) atoms. The number of ether oxygens (including phenoxy) is 3. The number of hydrogen-bond donors (Lipinski definition) is 1. The zero-order chi connectivity index (χ0) is 36.4. The molecular formula is C40H49ClN4O6S. The molecule has 1 aromatic heterocycles. The highest BCUT2D eigenvalue weighted by Gasteiger charge is 2.38. The third-order valence-electron chi connectivity index (χ3n) is 10.9. The van der Waals surface area contributed by atoms with Crippen molar-refractivity contribution in [1.82, 2.24) is 9.29 Å². The molecule has 4 aliphatic rings. The lowest BCUT2D eigenvalue weighted by molar-refractivity contribution is 0.0133. The number of benzene rings is 2. The number of nitrogens with one attached hydrogen (secondary N) is 1. The zero-order valence-electron chi connectivity index (χ0n) is 30.2.